The van der Waals surface area contributed by atoms with Crippen molar-refractivity contribution in [3.63, 3.8) is 0 Å². The minimum Gasteiger partial charge on any atom is -0.331 e. The van der Waals surface area contributed by atoms with Crippen LogP contribution in [0, 0.1) is 6.92 Å². The second-order valence-electron chi connectivity index (χ2n) is 3.62. The van der Waals surface area contributed by atoms with Crippen molar-refractivity contribution in [3.8, 4) is 0 Å². The fraction of sp³-hybridized carbons (Fsp3) is 0.364. The molecule has 0 atom stereocenters. The van der Waals surface area contributed by atoms with Crippen molar-refractivity contribution in [2.75, 3.05) is 6.54 Å². The third-order valence-electron chi connectivity index (χ3n) is 2.50. The Hall–Kier alpha value is -1.35. The molecule has 3 heteroatoms. The number of nitrogens with two attached hydrogens (primary N) is 1. The van der Waals surface area contributed by atoms with Crippen LogP contribution in [0.3, 0.4) is 0 Å². The Bertz CT molecular complexity index is 457. The minimum atomic E-state index is 0.649. The van der Waals surface area contributed by atoms with Crippen molar-refractivity contribution in [2.24, 2.45) is 12.8 Å². The van der Waals surface area contributed by atoms with E-state index < -0.39 is 0 Å². The normalized spacial score (nSPS) is 11.1. The summed E-state index contributed by atoms with van der Waals surface area (Å²) in [6.45, 7) is 2.74. The number of benzene rings is 1. The summed E-state index contributed by atoms with van der Waals surface area (Å²) >= 11 is 0. The molecule has 74 valence electrons. The Labute approximate surface area is 83.6 Å². The molecule has 3 nitrogen and oxygen atoms in total. The van der Waals surface area contributed by atoms with Gasteiger partial charge in [0.25, 0.3) is 0 Å². The molecule has 0 bridgehead atoms. The molecule has 0 saturated carbocycles. The molecule has 0 saturated heterocycles. The summed E-state index contributed by atoms with van der Waals surface area (Å²) in [5, 5.41) is 0. The van der Waals surface area contributed by atoms with Gasteiger partial charge in [0.2, 0.25) is 0 Å². The summed E-state index contributed by atoms with van der Waals surface area (Å²) in [6.07, 6.45) is 0.838. The van der Waals surface area contributed by atoms with E-state index in [2.05, 4.69) is 34.7 Å². The fourth-order valence-corrected chi connectivity index (χ4v) is 1.70. The number of imidazole rings is 1. The largest absolute Gasteiger partial charge is 0.331 e. The van der Waals surface area contributed by atoms with E-state index in [4.69, 9.17) is 5.73 Å². The summed E-state index contributed by atoms with van der Waals surface area (Å²) in [4.78, 5) is 4.53. The van der Waals surface area contributed by atoms with Gasteiger partial charge in [-0.3, -0.25) is 0 Å². The number of hydrogen-bond acceptors (Lipinski definition) is 2. The van der Waals surface area contributed by atoms with E-state index in [-0.39, 0.29) is 0 Å². The Morgan fingerprint density at radius 3 is 2.93 bits per heavy atom. The molecule has 2 N–H and O–H groups in total. The van der Waals surface area contributed by atoms with Crippen LogP contribution in [0.4, 0.5) is 0 Å². The lowest BCUT2D eigenvalue weighted by Gasteiger charge is -1.99. The Balaban J connectivity index is 2.62. The third-order valence-corrected chi connectivity index (χ3v) is 2.50. The lowest BCUT2D eigenvalue weighted by Crippen LogP contribution is -2.07. The molecule has 1 aromatic carbocycles. The molecule has 0 aliphatic rings. The minimum absolute atomic E-state index is 0.649. The Morgan fingerprint density at radius 1 is 1.43 bits per heavy atom. The molecule has 2 rings (SSSR count). The summed E-state index contributed by atoms with van der Waals surface area (Å²) in [5.41, 5.74) is 9.04. The maximum Gasteiger partial charge on any atom is 0.110 e. The molecule has 0 fully saturated rings. The van der Waals surface area contributed by atoms with E-state index in [0.29, 0.717) is 6.54 Å². The highest BCUT2D eigenvalue weighted by atomic mass is 15.1. The topological polar surface area (TPSA) is 43.8 Å². The van der Waals surface area contributed by atoms with Crippen molar-refractivity contribution >= 4 is 11.0 Å². The predicted octanol–water partition coefficient (Wildman–Crippen LogP) is 1.38. The SMILES string of the molecule is Cc1ccc2nc(CCN)n(C)c2c1. The van der Waals surface area contributed by atoms with Gasteiger partial charge in [-0.1, -0.05) is 6.07 Å². The quantitative estimate of drug-likeness (QED) is 0.775. The van der Waals surface area contributed by atoms with Gasteiger partial charge in [0.1, 0.15) is 5.82 Å². The highest BCUT2D eigenvalue weighted by Gasteiger charge is 2.05. The molecule has 1 heterocycles. The van der Waals surface area contributed by atoms with Crippen LogP contribution in [0.2, 0.25) is 0 Å². The van der Waals surface area contributed by atoms with Crippen LogP contribution in [0.5, 0.6) is 0 Å². The lowest BCUT2D eigenvalue weighted by molar-refractivity contribution is 0.794. The second kappa shape index (κ2) is 3.42. The van der Waals surface area contributed by atoms with Crippen LogP contribution in [-0.4, -0.2) is 16.1 Å². The van der Waals surface area contributed by atoms with Crippen LogP contribution in [-0.2, 0) is 13.5 Å². The van der Waals surface area contributed by atoms with Crippen molar-refractivity contribution in [1.82, 2.24) is 9.55 Å². The first-order chi connectivity index (χ1) is 6.72. The fourth-order valence-electron chi connectivity index (χ4n) is 1.70. The van der Waals surface area contributed by atoms with E-state index >= 15 is 0 Å². The van der Waals surface area contributed by atoms with Crippen LogP contribution in [0.15, 0.2) is 18.2 Å². The highest BCUT2D eigenvalue weighted by Crippen LogP contribution is 2.16. The molecule has 0 aliphatic heterocycles. The standard InChI is InChI=1S/C11H15N3/c1-8-3-4-9-10(7-8)14(2)11(13-9)5-6-12/h3-4,7H,5-6,12H2,1-2H3. The predicted molar refractivity (Wildman–Crippen MR) is 58.2 cm³/mol. The zero-order valence-corrected chi connectivity index (χ0v) is 8.62. The third kappa shape index (κ3) is 1.40. The summed E-state index contributed by atoms with van der Waals surface area (Å²) < 4.78 is 2.12. The zero-order chi connectivity index (χ0) is 10.1. The number of hydrogen-bond donors (Lipinski definition) is 1. The maximum absolute atomic E-state index is 5.53. The molecule has 14 heavy (non-hydrogen) atoms. The number of nitrogens with zero attached hydrogens (tertiary/aromatic N) is 2. The molecule has 0 amide bonds. The summed E-state index contributed by atoms with van der Waals surface area (Å²) in [7, 11) is 2.04. The second-order valence-corrected chi connectivity index (χ2v) is 3.62. The average Bonchev–Trinajstić information content (AvgIpc) is 2.46. The van der Waals surface area contributed by atoms with Gasteiger partial charge in [0.15, 0.2) is 0 Å². The molecule has 2 aromatic rings. The number of rotatable bonds is 2. The van der Waals surface area contributed by atoms with Gasteiger partial charge in [0, 0.05) is 13.5 Å². The molecular weight excluding hydrogens is 174 g/mol. The van der Waals surface area contributed by atoms with Crippen LogP contribution in [0.1, 0.15) is 11.4 Å². The van der Waals surface area contributed by atoms with E-state index in [1.807, 2.05) is 7.05 Å². The Kier molecular flexibility index (Phi) is 2.25. The van der Waals surface area contributed by atoms with Crippen LogP contribution < -0.4 is 5.73 Å². The van der Waals surface area contributed by atoms with Crippen molar-refractivity contribution in [2.45, 2.75) is 13.3 Å². The smallest absolute Gasteiger partial charge is 0.110 e. The highest BCUT2D eigenvalue weighted by molar-refractivity contribution is 5.76. The van der Waals surface area contributed by atoms with E-state index in [1.54, 1.807) is 0 Å². The first kappa shape index (κ1) is 9.21. The molecular formula is C11H15N3. The van der Waals surface area contributed by atoms with Crippen molar-refractivity contribution in [3.05, 3.63) is 29.6 Å². The van der Waals surface area contributed by atoms with Gasteiger partial charge in [-0.05, 0) is 31.2 Å². The monoisotopic (exact) mass is 189 g/mol. The first-order valence-electron chi connectivity index (χ1n) is 4.84. The van der Waals surface area contributed by atoms with Gasteiger partial charge in [0.05, 0.1) is 11.0 Å². The molecule has 0 unspecified atom stereocenters. The molecule has 0 radical (unpaired) electrons. The van der Waals surface area contributed by atoms with Gasteiger partial charge >= 0.3 is 0 Å². The Morgan fingerprint density at radius 2 is 2.21 bits per heavy atom. The van der Waals surface area contributed by atoms with Gasteiger partial charge in [-0.2, -0.15) is 0 Å². The number of aryl methyl sites for hydroxylation is 2. The summed E-state index contributed by atoms with van der Waals surface area (Å²) in [6, 6.07) is 6.30. The lowest BCUT2D eigenvalue weighted by atomic mass is 10.2. The van der Waals surface area contributed by atoms with E-state index in [1.165, 1.54) is 11.1 Å². The van der Waals surface area contributed by atoms with Crippen LogP contribution >= 0.6 is 0 Å². The maximum atomic E-state index is 5.53. The zero-order valence-electron chi connectivity index (χ0n) is 8.62. The van der Waals surface area contributed by atoms with Gasteiger partial charge in [-0.15, -0.1) is 0 Å². The summed E-state index contributed by atoms with van der Waals surface area (Å²) in [5.74, 6) is 1.06. The van der Waals surface area contributed by atoms with Crippen molar-refractivity contribution < 1.29 is 0 Å². The number of aromatic nitrogens is 2. The van der Waals surface area contributed by atoms with Gasteiger partial charge in [-0.25, -0.2) is 4.98 Å². The van der Waals surface area contributed by atoms with Crippen LogP contribution in [0.25, 0.3) is 11.0 Å². The molecule has 0 aliphatic carbocycles. The average molecular weight is 189 g/mol. The number of fused-ring (bicyclic) bond motifs is 1. The van der Waals surface area contributed by atoms with Gasteiger partial charge < -0.3 is 10.3 Å². The first-order valence-corrected chi connectivity index (χ1v) is 4.84. The molecule has 1 aromatic heterocycles. The van der Waals surface area contributed by atoms with E-state index in [0.717, 1.165) is 17.8 Å². The van der Waals surface area contributed by atoms with Crippen molar-refractivity contribution in [1.29, 1.82) is 0 Å². The molecule has 0 spiro atoms. The van der Waals surface area contributed by atoms with E-state index in [9.17, 15) is 0 Å².